The van der Waals surface area contributed by atoms with Crippen molar-refractivity contribution in [2.75, 3.05) is 0 Å². The molecular weight excluding hydrogens is 270 g/mol. The van der Waals surface area contributed by atoms with Gasteiger partial charge in [-0.3, -0.25) is 0 Å². The Morgan fingerprint density at radius 1 is 1.32 bits per heavy atom. The van der Waals surface area contributed by atoms with Gasteiger partial charge in [-0.15, -0.1) is 4.52 Å². The maximum atomic E-state index is 4.57. The molecule has 0 saturated heterocycles. The van der Waals surface area contributed by atoms with Crippen LogP contribution in [0.2, 0.25) is 0 Å². The molecule has 0 radical (unpaired) electrons. The van der Waals surface area contributed by atoms with Gasteiger partial charge < -0.3 is 0 Å². The van der Waals surface area contributed by atoms with Crippen molar-refractivity contribution in [3.8, 4) is 0 Å². The zero-order chi connectivity index (χ0) is 15.5. The summed E-state index contributed by atoms with van der Waals surface area (Å²) in [6, 6.07) is 6.61. The van der Waals surface area contributed by atoms with Crippen LogP contribution in [0.5, 0.6) is 0 Å². The Morgan fingerprint density at radius 2 is 2.14 bits per heavy atom. The van der Waals surface area contributed by atoms with E-state index in [9.17, 15) is 0 Å². The van der Waals surface area contributed by atoms with Crippen LogP contribution in [0.25, 0.3) is 16.4 Å². The van der Waals surface area contributed by atoms with Gasteiger partial charge in [0.15, 0.2) is 6.20 Å². The lowest BCUT2D eigenvalue weighted by Gasteiger charge is -2.46. The van der Waals surface area contributed by atoms with Crippen LogP contribution in [0, 0.1) is 0 Å². The van der Waals surface area contributed by atoms with Crippen molar-refractivity contribution in [2.45, 2.75) is 44.6 Å². The first-order chi connectivity index (χ1) is 10.6. The van der Waals surface area contributed by atoms with Gasteiger partial charge in [-0.05, 0) is 24.5 Å². The van der Waals surface area contributed by atoms with Crippen molar-refractivity contribution in [3.63, 3.8) is 0 Å². The lowest BCUT2D eigenvalue weighted by Crippen LogP contribution is -2.66. The van der Waals surface area contributed by atoms with Crippen molar-refractivity contribution in [1.82, 2.24) is 9.61 Å². The number of hydrogen-bond donors (Lipinski definition) is 0. The first-order valence-electron chi connectivity index (χ1n) is 8.08. The Morgan fingerprint density at radius 3 is 2.82 bits per heavy atom. The molecule has 112 valence electrons. The third kappa shape index (κ3) is 1.24. The minimum absolute atomic E-state index is 0.0177. The molecule has 3 aromatic rings. The van der Waals surface area contributed by atoms with Crippen LogP contribution < -0.4 is 4.57 Å². The summed E-state index contributed by atoms with van der Waals surface area (Å²) in [6.07, 6.45) is 10.4. The van der Waals surface area contributed by atoms with Gasteiger partial charge in [0, 0.05) is 10.8 Å². The van der Waals surface area contributed by atoms with Crippen molar-refractivity contribution in [3.05, 3.63) is 55.0 Å². The van der Waals surface area contributed by atoms with Crippen LogP contribution >= 0.6 is 0 Å². The molecule has 4 rings (SSSR count). The predicted octanol–water partition coefficient (Wildman–Crippen LogP) is 3.75. The average molecular weight is 292 g/mol. The predicted molar refractivity (Wildman–Crippen MR) is 89.0 cm³/mol. The second-order valence-electron chi connectivity index (χ2n) is 6.52. The third-order valence-corrected chi connectivity index (χ3v) is 6.01. The number of aromatic nitrogens is 3. The number of nitrogens with zero attached hydrogens (tertiary/aromatic N) is 3. The molecule has 1 aliphatic heterocycles. The number of allylic oxidation sites excluding steroid dienone is 1. The van der Waals surface area contributed by atoms with Crippen molar-refractivity contribution in [2.24, 2.45) is 0 Å². The molecule has 2 atom stereocenters. The van der Waals surface area contributed by atoms with E-state index in [4.69, 9.17) is 0 Å². The van der Waals surface area contributed by atoms with Gasteiger partial charge in [0.2, 0.25) is 0 Å². The molecule has 0 fully saturated rings. The summed E-state index contributed by atoms with van der Waals surface area (Å²) in [5, 5.41) is 7.12. The van der Waals surface area contributed by atoms with Gasteiger partial charge in [-0.2, -0.15) is 0 Å². The third-order valence-electron chi connectivity index (χ3n) is 6.01. The van der Waals surface area contributed by atoms with E-state index in [0.717, 1.165) is 12.8 Å². The van der Waals surface area contributed by atoms with Gasteiger partial charge in [0.05, 0.1) is 11.6 Å². The normalized spacial score (nSPS) is 26.9. The average Bonchev–Trinajstić information content (AvgIpc) is 3.00. The number of rotatable bonds is 3. The van der Waals surface area contributed by atoms with Crippen LogP contribution in [-0.2, 0) is 11.0 Å². The van der Waals surface area contributed by atoms with Crippen LogP contribution in [0.1, 0.15) is 39.2 Å². The van der Waals surface area contributed by atoms with Crippen molar-refractivity contribution < 1.29 is 4.57 Å². The molecule has 0 N–H and O–H groups in total. The molecule has 0 amide bonds. The van der Waals surface area contributed by atoms with Crippen LogP contribution in [0.4, 0.5) is 0 Å². The van der Waals surface area contributed by atoms with E-state index in [1.165, 1.54) is 22.0 Å². The van der Waals surface area contributed by atoms with E-state index in [1.807, 2.05) is 10.7 Å². The maximum Gasteiger partial charge on any atom is 0.316 e. The summed E-state index contributed by atoms with van der Waals surface area (Å²) in [6.45, 7) is 11.1. The lowest BCUT2D eigenvalue weighted by atomic mass is 9.61. The molecule has 1 aromatic carbocycles. The summed E-state index contributed by atoms with van der Waals surface area (Å²) < 4.78 is 4.39. The number of imidazole rings is 1. The second kappa shape index (κ2) is 4.19. The van der Waals surface area contributed by atoms with Gasteiger partial charge in [-0.1, -0.05) is 50.6 Å². The first kappa shape index (κ1) is 13.5. The Labute approximate surface area is 130 Å². The van der Waals surface area contributed by atoms with E-state index >= 15 is 0 Å². The fourth-order valence-electron chi connectivity index (χ4n) is 4.57. The highest BCUT2D eigenvalue weighted by Gasteiger charge is 2.54. The SMILES string of the molecule is C=CC1(CC)[n+]2ccn3ncc4cccc(c4c32)C1(C)CC. The molecule has 0 spiro atoms. The fourth-order valence-corrected chi connectivity index (χ4v) is 4.57. The Bertz CT molecular complexity index is 908. The second-order valence-corrected chi connectivity index (χ2v) is 6.52. The van der Waals surface area contributed by atoms with E-state index < -0.39 is 0 Å². The molecule has 0 bridgehead atoms. The standard InChI is InChI=1S/C19H22N3/c1-5-18(4)15-10-8-9-14-13-20-22-12-11-21(17(22)16(14)15)19(18,6-2)7-3/h6,8-13H,2,5,7H2,1,3-4H3/q+1. The molecule has 2 aromatic heterocycles. The molecule has 3 nitrogen and oxygen atoms in total. The summed E-state index contributed by atoms with van der Waals surface area (Å²) >= 11 is 0. The van der Waals surface area contributed by atoms with E-state index in [2.05, 4.69) is 73.7 Å². The van der Waals surface area contributed by atoms with Crippen LogP contribution in [0.3, 0.4) is 0 Å². The molecule has 3 heterocycles. The van der Waals surface area contributed by atoms with Crippen molar-refractivity contribution >= 4 is 16.4 Å². The van der Waals surface area contributed by atoms with Gasteiger partial charge >= 0.3 is 5.65 Å². The maximum absolute atomic E-state index is 4.57. The van der Waals surface area contributed by atoms with Crippen molar-refractivity contribution in [1.29, 1.82) is 0 Å². The lowest BCUT2D eigenvalue weighted by molar-refractivity contribution is -0.741. The summed E-state index contributed by atoms with van der Waals surface area (Å²) in [4.78, 5) is 0. The minimum atomic E-state index is -0.124. The molecular formula is C19H22N3+. The van der Waals surface area contributed by atoms with Gasteiger partial charge in [0.25, 0.3) is 0 Å². The van der Waals surface area contributed by atoms with E-state index in [-0.39, 0.29) is 11.0 Å². The summed E-state index contributed by atoms with van der Waals surface area (Å²) in [5.74, 6) is 0. The highest BCUT2D eigenvalue weighted by molar-refractivity contribution is 5.96. The molecule has 22 heavy (non-hydrogen) atoms. The summed E-state index contributed by atoms with van der Waals surface area (Å²) in [7, 11) is 0. The largest absolute Gasteiger partial charge is 0.316 e. The number of benzene rings is 1. The summed E-state index contributed by atoms with van der Waals surface area (Å²) in [5.41, 5.74) is 2.49. The molecule has 3 heteroatoms. The number of hydrogen-bond acceptors (Lipinski definition) is 1. The minimum Gasteiger partial charge on any atom is -0.218 e. The quantitative estimate of drug-likeness (QED) is 0.532. The zero-order valence-electron chi connectivity index (χ0n) is 13.5. The molecule has 1 aliphatic rings. The highest BCUT2D eigenvalue weighted by Crippen LogP contribution is 2.49. The smallest absolute Gasteiger partial charge is 0.218 e. The van der Waals surface area contributed by atoms with Gasteiger partial charge in [0.1, 0.15) is 11.7 Å². The zero-order valence-corrected chi connectivity index (χ0v) is 13.5. The fraction of sp³-hybridized carbons (Fsp3) is 0.368. The topological polar surface area (TPSA) is 21.2 Å². The first-order valence-corrected chi connectivity index (χ1v) is 8.08. The van der Waals surface area contributed by atoms with Crippen LogP contribution in [-0.4, -0.2) is 9.61 Å². The Hall–Kier alpha value is -2.16. The Kier molecular flexibility index (Phi) is 2.57. The monoisotopic (exact) mass is 292 g/mol. The molecule has 2 unspecified atom stereocenters. The molecule has 0 saturated carbocycles. The van der Waals surface area contributed by atoms with E-state index in [0.29, 0.717) is 0 Å². The van der Waals surface area contributed by atoms with Gasteiger partial charge in [-0.25, -0.2) is 4.57 Å². The Balaban J connectivity index is 2.33. The van der Waals surface area contributed by atoms with Crippen LogP contribution in [0.15, 0.2) is 49.4 Å². The molecule has 0 aliphatic carbocycles. The van der Waals surface area contributed by atoms with E-state index in [1.54, 1.807) is 0 Å². The highest BCUT2D eigenvalue weighted by atomic mass is 15.3.